The Labute approximate surface area is 68.1 Å². The summed E-state index contributed by atoms with van der Waals surface area (Å²) < 4.78 is 4.72. The van der Waals surface area contributed by atoms with E-state index in [1.807, 2.05) is 20.8 Å². The number of amides is 1. The third-order valence-electron chi connectivity index (χ3n) is 1.88. The van der Waals surface area contributed by atoms with Crippen LogP contribution in [0.3, 0.4) is 0 Å². The second kappa shape index (κ2) is 4.34. The molecule has 3 nitrogen and oxygen atoms in total. The molecule has 1 amide bonds. The van der Waals surface area contributed by atoms with Gasteiger partial charge in [0, 0.05) is 12.5 Å². The Balaban J connectivity index is 3.82. The summed E-state index contributed by atoms with van der Waals surface area (Å²) in [5.41, 5.74) is -0.279. The van der Waals surface area contributed by atoms with E-state index in [1.54, 1.807) is 7.11 Å². The quantitative estimate of drug-likeness (QED) is 0.625. The molecule has 0 aromatic carbocycles. The number of methoxy groups -OCH3 is 1. The Morgan fingerprint density at radius 3 is 2.45 bits per heavy atom. The Morgan fingerprint density at radius 1 is 1.55 bits per heavy atom. The van der Waals surface area contributed by atoms with Crippen molar-refractivity contribution in [1.82, 2.24) is 5.32 Å². The predicted octanol–water partition coefficient (Wildman–Crippen LogP) is 1.14. The number of carbonyl (C=O) groups excluding carboxylic acids is 1. The maximum atomic E-state index is 11.3. The molecular weight excluding hydrogens is 142 g/mol. The first kappa shape index (κ1) is 10.4. The minimum atomic E-state index is -0.279. The summed E-state index contributed by atoms with van der Waals surface area (Å²) in [5.74, 6) is 0.0434. The van der Waals surface area contributed by atoms with E-state index in [9.17, 15) is 4.79 Å². The van der Waals surface area contributed by atoms with Crippen molar-refractivity contribution in [2.24, 2.45) is 5.41 Å². The van der Waals surface area contributed by atoms with Gasteiger partial charge in [-0.25, -0.2) is 0 Å². The minimum absolute atomic E-state index is 0.0434. The SMILES string of the molecule is CCC(C)(C)C(=O)NCOC. The van der Waals surface area contributed by atoms with E-state index in [1.165, 1.54) is 0 Å². The van der Waals surface area contributed by atoms with Gasteiger partial charge in [-0.05, 0) is 6.42 Å². The number of ether oxygens (including phenoxy) is 1. The first-order valence-corrected chi connectivity index (χ1v) is 3.82. The van der Waals surface area contributed by atoms with Crippen LogP contribution < -0.4 is 5.32 Å². The van der Waals surface area contributed by atoms with Crippen LogP contribution in [0.1, 0.15) is 27.2 Å². The molecule has 3 heteroatoms. The van der Waals surface area contributed by atoms with Gasteiger partial charge in [0.15, 0.2) is 0 Å². The first-order chi connectivity index (χ1) is 5.04. The average Bonchev–Trinajstić information content (AvgIpc) is 2.00. The number of rotatable bonds is 4. The lowest BCUT2D eigenvalue weighted by Gasteiger charge is -2.20. The molecule has 0 atom stereocenters. The normalized spacial score (nSPS) is 11.3. The lowest BCUT2D eigenvalue weighted by molar-refractivity contribution is -0.131. The van der Waals surface area contributed by atoms with Crippen molar-refractivity contribution < 1.29 is 9.53 Å². The summed E-state index contributed by atoms with van der Waals surface area (Å²) in [6, 6.07) is 0. The summed E-state index contributed by atoms with van der Waals surface area (Å²) in [5, 5.41) is 2.66. The molecular formula is C8H17NO2. The molecule has 0 saturated carbocycles. The Kier molecular flexibility index (Phi) is 4.11. The van der Waals surface area contributed by atoms with E-state index >= 15 is 0 Å². The van der Waals surface area contributed by atoms with Crippen LogP contribution in [0.2, 0.25) is 0 Å². The molecule has 11 heavy (non-hydrogen) atoms. The zero-order valence-electron chi connectivity index (χ0n) is 7.73. The van der Waals surface area contributed by atoms with Gasteiger partial charge in [0.05, 0.1) is 0 Å². The summed E-state index contributed by atoms with van der Waals surface area (Å²) >= 11 is 0. The van der Waals surface area contributed by atoms with Gasteiger partial charge in [-0.2, -0.15) is 0 Å². The largest absolute Gasteiger partial charge is 0.364 e. The molecule has 66 valence electrons. The highest BCUT2D eigenvalue weighted by Gasteiger charge is 2.24. The first-order valence-electron chi connectivity index (χ1n) is 3.82. The fourth-order valence-electron chi connectivity index (χ4n) is 0.538. The molecule has 0 fully saturated rings. The van der Waals surface area contributed by atoms with Crippen LogP contribution in [-0.4, -0.2) is 19.7 Å². The molecule has 0 heterocycles. The fraction of sp³-hybridized carbons (Fsp3) is 0.875. The smallest absolute Gasteiger partial charge is 0.227 e. The van der Waals surface area contributed by atoms with Crippen molar-refractivity contribution in [1.29, 1.82) is 0 Å². The third-order valence-corrected chi connectivity index (χ3v) is 1.88. The molecule has 0 radical (unpaired) electrons. The fourth-order valence-corrected chi connectivity index (χ4v) is 0.538. The molecule has 0 unspecified atom stereocenters. The van der Waals surface area contributed by atoms with Gasteiger partial charge >= 0.3 is 0 Å². The van der Waals surface area contributed by atoms with Crippen LogP contribution in [0.5, 0.6) is 0 Å². The van der Waals surface area contributed by atoms with Crippen LogP contribution in [-0.2, 0) is 9.53 Å². The third kappa shape index (κ3) is 3.37. The lowest BCUT2D eigenvalue weighted by atomic mass is 9.89. The zero-order valence-corrected chi connectivity index (χ0v) is 7.73. The molecule has 1 N–H and O–H groups in total. The number of nitrogens with one attached hydrogen (secondary N) is 1. The highest BCUT2D eigenvalue weighted by Crippen LogP contribution is 2.18. The molecule has 0 aliphatic heterocycles. The summed E-state index contributed by atoms with van der Waals surface area (Å²) in [6.07, 6.45) is 0.836. The summed E-state index contributed by atoms with van der Waals surface area (Å²) in [6.45, 7) is 6.12. The van der Waals surface area contributed by atoms with Gasteiger partial charge in [0.25, 0.3) is 0 Å². The van der Waals surface area contributed by atoms with Gasteiger partial charge < -0.3 is 10.1 Å². The van der Waals surface area contributed by atoms with Crippen LogP contribution in [0, 0.1) is 5.41 Å². The second-order valence-electron chi connectivity index (χ2n) is 3.18. The molecule has 0 bridgehead atoms. The van der Waals surface area contributed by atoms with Crippen LogP contribution in [0.25, 0.3) is 0 Å². The minimum Gasteiger partial charge on any atom is -0.364 e. The van der Waals surface area contributed by atoms with Crippen molar-refractivity contribution in [3.05, 3.63) is 0 Å². The Morgan fingerprint density at radius 2 is 2.09 bits per heavy atom. The van der Waals surface area contributed by atoms with E-state index in [0.29, 0.717) is 6.73 Å². The standard InChI is InChI=1S/C8H17NO2/c1-5-8(2,3)7(10)9-6-11-4/h5-6H2,1-4H3,(H,9,10). The van der Waals surface area contributed by atoms with Crippen LogP contribution >= 0.6 is 0 Å². The summed E-state index contributed by atoms with van der Waals surface area (Å²) in [4.78, 5) is 11.3. The molecule has 0 aromatic heterocycles. The maximum absolute atomic E-state index is 11.3. The Hall–Kier alpha value is -0.570. The zero-order chi connectivity index (χ0) is 8.91. The lowest BCUT2D eigenvalue weighted by Crippen LogP contribution is -2.37. The van der Waals surface area contributed by atoms with Crippen molar-refractivity contribution in [2.75, 3.05) is 13.8 Å². The molecule has 0 aliphatic carbocycles. The molecule has 0 saturated heterocycles. The van der Waals surface area contributed by atoms with E-state index in [2.05, 4.69) is 5.32 Å². The number of hydrogen-bond acceptors (Lipinski definition) is 2. The second-order valence-corrected chi connectivity index (χ2v) is 3.18. The van der Waals surface area contributed by atoms with Crippen molar-refractivity contribution in [2.45, 2.75) is 27.2 Å². The average molecular weight is 159 g/mol. The molecule has 0 aromatic rings. The number of carbonyl (C=O) groups is 1. The molecule has 0 spiro atoms. The van der Waals surface area contributed by atoms with E-state index in [4.69, 9.17) is 4.74 Å². The molecule has 0 rings (SSSR count). The monoisotopic (exact) mass is 159 g/mol. The predicted molar refractivity (Wildman–Crippen MR) is 44.1 cm³/mol. The van der Waals surface area contributed by atoms with E-state index < -0.39 is 0 Å². The molecule has 0 aliphatic rings. The van der Waals surface area contributed by atoms with Crippen LogP contribution in [0.15, 0.2) is 0 Å². The highest BCUT2D eigenvalue weighted by molar-refractivity contribution is 5.81. The van der Waals surface area contributed by atoms with Crippen LogP contribution in [0.4, 0.5) is 0 Å². The number of hydrogen-bond donors (Lipinski definition) is 1. The van der Waals surface area contributed by atoms with Gasteiger partial charge in [0.1, 0.15) is 6.73 Å². The van der Waals surface area contributed by atoms with Crippen molar-refractivity contribution in [3.8, 4) is 0 Å². The van der Waals surface area contributed by atoms with Gasteiger partial charge in [-0.3, -0.25) is 4.79 Å². The highest BCUT2D eigenvalue weighted by atomic mass is 16.5. The maximum Gasteiger partial charge on any atom is 0.227 e. The van der Waals surface area contributed by atoms with Crippen molar-refractivity contribution >= 4 is 5.91 Å². The summed E-state index contributed by atoms with van der Waals surface area (Å²) in [7, 11) is 1.55. The van der Waals surface area contributed by atoms with E-state index in [-0.39, 0.29) is 11.3 Å². The van der Waals surface area contributed by atoms with Gasteiger partial charge in [0.2, 0.25) is 5.91 Å². The Bertz CT molecular complexity index is 132. The van der Waals surface area contributed by atoms with Gasteiger partial charge in [-0.15, -0.1) is 0 Å². The van der Waals surface area contributed by atoms with Crippen molar-refractivity contribution in [3.63, 3.8) is 0 Å². The topological polar surface area (TPSA) is 38.3 Å². The van der Waals surface area contributed by atoms with E-state index in [0.717, 1.165) is 6.42 Å². The van der Waals surface area contributed by atoms with Gasteiger partial charge in [-0.1, -0.05) is 20.8 Å².